The van der Waals surface area contributed by atoms with Crippen LogP contribution in [0, 0.1) is 5.41 Å². The molecule has 0 spiro atoms. The summed E-state index contributed by atoms with van der Waals surface area (Å²) in [6, 6.07) is 0. The quantitative estimate of drug-likeness (QED) is 0.517. The van der Waals surface area contributed by atoms with Crippen LogP contribution in [-0.4, -0.2) is 24.2 Å². The fourth-order valence-electron chi connectivity index (χ4n) is 2.40. The number of rotatable bonds is 7. The Balaban J connectivity index is 2.33. The molecule has 1 heterocycles. The van der Waals surface area contributed by atoms with Gasteiger partial charge >= 0.3 is 5.97 Å². The van der Waals surface area contributed by atoms with Gasteiger partial charge in [0.1, 0.15) is 0 Å². The van der Waals surface area contributed by atoms with Gasteiger partial charge in [0.2, 0.25) is 0 Å². The zero-order chi connectivity index (χ0) is 11.9. The van der Waals surface area contributed by atoms with E-state index in [0.717, 1.165) is 58.0 Å². The van der Waals surface area contributed by atoms with Crippen LogP contribution in [0.4, 0.5) is 0 Å². The fraction of sp³-hybridized carbons (Fsp3) is 0.769. The Kier molecular flexibility index (Phi) is 5.53. The molecule has 0 aromatic heterocycles. The summed E-state index contributed by atoms with van der Waals surface area (Å²) in [7, 11) is 0. The summed E-state index contributed by atoms with van der Waals surface area (Å²) in [4.78, 5) is 11.4. The van der Waals surface area contributed by atoms with Crippen molar-refractivity contribution in [2.45, 2.75) is 44.9 Å². The molecule has 0 amide bonds. The molecule has 92 valence electrons. The zero-order valence-electron chi connectivity index (χ0n) is 10.0. The van der Waals surface area contributed by atoms with Crippen LogP contribution in [0.1, 0.15) is 44.9 Å². The second kappa shape index (κ2) is 6.69. The van der Waals surface area contributed by atoms with Gasteiger partial charge in [-0.1, -0.05) is 18.9 Å². The largest absolute Gasteiger partial charge is 0.481 e. The number of carboxylic acids is 1. The van der Waals surface area contributed by atoms with Gasteiger partial charge in [0.15, 0.2) is 0 Å². The first-order valence-electron chi connectivity index (χ1n) is 6.26. The van der Waals surface area contributed by atoms with Crippen LogP contribution in [0.3, 0.4) is 0 Å². The van der Waals surface area contributed by atoms with Crippen molar-refractivity contribution in [3.8, 4) is 0 Å². The van der Waals surface area contributed by atoms with Crippen LogP contribution in [0.5, 0.6) is 0 Å². The van der Waals surface area contributed by atoms with Gasteiger partial charge in [-0.2, -0.15) is 0 Å². The molecule has 0 aliphatic carbocycles. The molecule has 3 heteroatoms. The highest BCUT2D eigenvalue weighted by molar-refractivity contribution is 5.74. The topological polar surface area (TPSA) is 49.3 Å². The molecule has 0 aromatic carbocycles. The van der Waals surface area contributed by atoms with E-state index in [1.165, 1.54) is 0 Å². The molecule has 0 atom stereocenters. The minimum absolute atomic E-state index is 0.445. The lowest BCUT2D eigenvalue weighted by molar-refractivity contribution is -0.151. The summed E-state index contributed by atoms with van der Waals surface area (Å²) in [5, 5.41) is 12.6. The van der Waals surface area contributed by atoms with E-state index in [2.05, 4.69) is 11.9 Å². The molecule has 1 rings (SSSR count). The fourth-order valence-corrected chi connectivity index (χ4v) is 2.40. The maximum atomic E-state index is 11.4. The molecule has 0 bridgehead atoms. The molecule has 2 N–H and O–H groups in total. The number of allylic oxidation sites excluding steroid dienone is 1. The van der Waals surface area contributed by atoms with Crippen molar-refractivity contribution in [3.63, 3.8) is 0 Å². The van der Waals surface area contributed by atoms with Gasteiger partial charge in [-0.25, -0.2) is 0 Å². The highest BCUT2D eigenvalue weighted by Gasteiger charge is 2.38. The normalized spacial score (nSPS) is 19.2. The molecule has 3 nitrogen and oxygen atoms in total. The molecule has 1 aliphatic rings. The number of piperidine rings is 1. The molecule has 1 fully saturated rings. The number of hydrogen-bond acceptors (Lipinski definition) is 2. The standard InChI is InChI=1S/C13H23NO2/c1-2-3-4-5-6-7-13(12(15)16)8-10-14-11-9-13/h2,14H,1,3-11H2,(H,15,16). The predicted molar refractivity (Wildman–Crippen MR) is 65.5 cm³/mol. The second-order valence-electron chi connectivity index (χ2n) is 4.72. The maximum Gasteiger partial charge on any atom is 0.309 e. The first-order chi connectivity index (χ1) is 7.71. The van der Waals surface area contributed by atoms with Crippen molar-refractivity contribution < 1.29 is 9.90 Å². The molecule has 0 radical (unpaired) electrons. The van der Waals surface area contributed by atoms with Gasteiger partial charge < -0.3 is 10.4 Å². The van der Waals surface area contributed by atoms with Crippen LogP contribution in [0.2, 0.25) is 0 Å². The van der Waals surface area contributed by atoms with E-state index in [0.29, 0.717) is 0 Å². The molecular weight excluding hydrogens is 202 g/mol. The van der Waals surface area contributed by atoms with Crippen LogP contribution in [0.25, 0.3) is 0 Å². The minimum atomic E-state index is -0.599. The van der Waals surface area contributed by atoms with Gasteiger partial charge in [0.05, 0.1) is 5.41 Å². The van der Waals surface area contributed by atoms with Crippen LogP contribution < -0.4 is 5.32 Å². The predicted octanol–water partition coefficient (Wildman–Crippen LogP) is 2.58. The van der Waals surface area contributed by atoms with Gasteiger partial charge in [-0.05, 0) is 45.2 Å². The van der Waals surface area contributed by atoms with E-state index in [-0.39, 0.29) is 0 Å². The lowest BCUT2D eigenvalue weighted by Gasteiger charge is -2.33. The molecule has 1 saturated heterocycles. The van der Waals surface area contributed by atoms with E-state index in [9.17, 15) is 9.90 Å². The Hall–Kier alpha value is -0.830. The third-order valence-corrected chi connectivity index (χ3v) is 3.58. The molecule has 1 aliphatic heterocycles. The Morgan fingerprint density at radius 1 is 1.31 bits per heavy atom. The summed E-state index contributed by atoms with van der Waals surface area (Å²) >= 11 is 0. The van der Waals surface area contributed by atoms with E-state index < -0.39 is 11.4 Å². The number of aliphatic carboxylic acids is 1. The number of carboxylic acid groups (broad SMARTS) is 1. The monoisotopic (exact) mass is 225 g/mol. The Bertz CT molecular complexity index is 232. The Morgan fingerprint density at radius 2 is 2.00 bits per heavy atom. The van der Waals surface area contributed by atoms with E-state index in [1.54, 1.807) is 0 Å². The van der Waals surface area contributed by atoms with Crippen molar-refractivity contribution >= 4 is 5.97 Å². The molecule has 16 heavy (non-hydrogen) atoms. The average Bonchev–Trinajstić information content (AvgIpc) is 2.30. The summed E-state index contributed by atoms with van der Waals surface area (Å²) in [6.45, 7) is 5.38. The summed E-state index contributed by atoms with van der Waals surface area (Å²) in [6.07, 6.45) is 8.65. The van der Waals surface area contributed by atoms with Gasteiger partial charge in [-0.15, -0.1) is 6.58 Å². The summed E-state index contributed by atoms with van der Waals surface area (Å²) in [5.74, 6) is -0.599. The van der Waals surface area contributed by atoms with Crippen LogP contribution in [0.15, 0.2) is 12.7 Å². The molecule has 0 aromatic rings. The number of nitrogens with one attached hydrogen (secondary N) is 1. The first kappa shape index (κ1) is 13.2. The van der Waals surface area contributed by atoms with Crippen molar-refractivity contribution in [2.75, 3.05) is 13.1 Å². The van der Waals surface area contributed by atoms with Crippen molar-refractivity contribution in [1.82, 2.24) is 5.32 Å². The first-order valence-corrected chi connectivity index (χ1v) is 6.26. The van der Waals surface area contributed by atoms with Gasteiger partial charge in [-0.3, -0.25) is 4.79 Å². The number of carbonyl (C=O) groups is 1. The van der Waals surface area contributed by atoms with Crippen LogP contribution >= 0.6 is 0 Å². The minimum Gasteiger partial charge on any atom is -0.481 e. The van der Waals surface area contributed by atoms with E-state index in [1.807, 2.05) is 6.08 Å². The van der Waals surface area contributed by atoms with E-state index >= 15 is 0 Å². The lowest BCUT2D eigenvalue weighted by atomic mass is 9.75. The van der Waals surface area contributed by atoms with Crippen molar-refractivity contribution in [3.05, 3.63) is 12.7 Å². The summed E-state index contributed by atoms with van der Waals surface area (Å²) < 4.78 is 0. The maximum absolute atomic E-state index is 11.4. The highest BCUT2D eigenvalue weighted by atomic mass is 16.4. The molecule has 0 unspecified atom stereocenters. The van der Waals surface area contributed by atoms with Crippen molar-refractivity contribution in [2.24, 2.45) is 5.41 Å². The van der Waals surface area contributed by atoms with Crippen molar-refractivity contribution in [1.29, 1.82) is 0 Å². The SMILES string of the molecule is C=CCCCCCC1(C(=O)O)CCNCC1. The average molecular weight is 225 g/mol. The zero-order valence-corrected chi connectivity index (χ0v) is 10.0. The third-order valence-electron chi connectivity index (χ3n) is 3.58. The smallest absolute Gasteiger partial charge is 0.309 e. The Morgan fingerprint density at radius 3 is 2.56 bits per heavy atom. The van der Waals surface area contributed by atoms with Crippen LogP contribution in [-0.2, 0) is 4.79 Å². The Labute approximate surface area is 97.9 Å². The third kappa shape index (κ3) is 3.63. The number of unbranched alkanes of at least 4 members (excludes halogenated alkanes) is 3. The highest BCUT2D eigenvalue weighted by Crippen LogP contribution is 2.35. The number of hydrogen-bond donors (Lipinski definition) is 2. The van der Waals surface area contributed by atoms with E-state index in [4.69, 9.17) is 0 Å². The molecular formula is C13H23NO2. The van der Waals surface area contributed by atoms with Gasteiger partial charge in [0.25, 0.3) is 0 Å². The summed E-state index contributed by atoms with van der Waals surface area (Å²) in [5.41, 5.74) is -0.445. The lowest BCUT2D eigenvalue weighted by Crippen LogP contribution is -2.42. The van der Waals surface area contributed by atoms with Gasteiger partial charge in [0, 0.05) is 0 Å². The molecule has 0 saturated carbocycles. The second-order valence-corrected chi connectivity index (χ2v) is 4.72.